The minimum absolute atomic E-state index is 0.115. The van der Waals surface area contributed by atoms with Crippen molar-refractivity contribution in [2.75, 3.05) is 32.7 Å². The van der Waals surface area contributed by atoms with Crippen LogP contribution in [0.5, 0.6) is 0 Å². The number of hydrogen-bond acceptors (Lipinski definition) is 4. The normalized spacial score (nSPS) is 21.1. The highest BCUT2D eigenvalue weighted by molar-refractivity contribution is 7.12. The van der Waals surface area contributed by atoms with Gasteiger partial charge in [0.2, 0.25) is 5.91 Å². The summed E-state index contributed by atoms with van der Waals surface area (Å²) in [5.74, 6) is 0.901. The number of carbonyl (C=O) groups is 2. The van der Waals surface area contributed by atoms with Crippen LogP contribution in [0, 0.1) is 5.92 Å². The predicted molar refractivity (Wildman–Crippen MR) is 101 cm³/mol. The Labute approximate surface area is 154 Å². The third kappa shape index (κ3) is 4.82. The van der Waals surface area contributed by atoms with Crippen molar-refractivity contribution in [3.8, 4) is 0 Å². The Hall–Kier alpha value is -1.40. The van der Waals surface area contributed by atoms with Gasteiger partial charge in [0.1, 0.15) is 0 Å². The van der Waals surface area contributed by atoms with Gasteiger partial charge in [0.15, 0.2) is 0 Å². The van der Waals surface area contributed by atoms with E-state index in [0.717, 1.165) is 24.5 Å². The summed E-state index contributed by atoms with van der Waals surface area (Å²) in [4.78, 5) is 29.7. The first-order valence-electron chi connectivity index (χ1n) is 9.49. The van der Waals surface area contributed by atoms with Gasteiger partial charge in [-0.2, -0.15) is 0 Å². The van der Waals surface area contributed by atoms with E-state index in [2.05, 4.69) is 10.2 Å². The second-order valence-corrected chi connectivity index (χ2v) is 8.18. The van der Waals surface area contributed by atoms with Gasteiger partial charge in [-0.3, -0.25) is 14.5 Å². The molecule has 2 amide bonds. The smallest absolute Gasteiger partial charge is 0.264 e. The van der Waals surface area contributed by atoms with E-state index in [0.29, 0.717) is 19.0 Å². The van der Waals surface area contributed by atoms with Crippen LogP contribution in [0.25, 0.3) is 0 Å². The number of carbonyl (C=O) groups excluding carboxylic acids is 2. The zero-order valence-corrected chi connectivity index (χ0v) is 15.9. The van der Waals surface area contributed by atoms with Crippen molar-refractivity contribution in [3.63, 3.8) is 0 Å². The van der Waals surface area contributed by atoms with Crippen molar-refractivity contribution < 1.29 is 9.59 Å². The Morgan fingerprint density at radius 3 is 2.56 bits per heavy atom. The fourth-order valence-electron chi connectivity index (χ4n) is 3.82. The number of nitrogens with zero attached hydrogens (tertiary/aromatic N) is 2. The van der Waals surface area contributed by atoms with Crippen molar-refractivity contribution in [1.29, 1.82) is 0 Å². The second kappa shape index (κ2) is 8.81. The lowest BCUT2D eigenvalue weighted by Crippen LogP contribution is -2.55. The molecule has 5 nitrogen and oxygen atoms in total. The Morgan fingerprint density at radius 2 is 1.92 bits per heavy atom. The van der Waals surface area contributed by atoms with Gasteiger partial charge in [-0.05, 0) is 37.1 Å². The summed E-state index contributed by atoms with van der Waals surface area (Å²) >= 11 is 1.49. The molecule has 0 radical (unpaired) electrons. The van der Waals surface area contributed by atoms with E-state index >= 15 is 0 Å². The van der Waals surface area contributed by atoms with E-state index in [1.54, 1.807) is 0 Å². The number of piperazine rings is 1. The highest BCUT2D eigenvalue weighted by Crippen LogP contribution is 2.22. The van der Waals surface area contributed by atoms with E-state index in [1.807, 2.05) is 29.3 Å². The van der Waals surface area contributed by atoms with Gasteiger partial charge >= 0.3 is 0 Å². The molecule has 0 unspecified atom stereocenters. The number of rotatable bonds is 5. The Morgan fingerprint density at radius 1 is 1.20 bits per heavy atom. The van der Waals surface area contributed by atoms with E-state index in [9.17, 15) is 9.59 Å². The molecule has 1 aromatic rings. The largest absolute Gasteiger partial charge is 0.354 e. The van der Waals surface area contributed by atoms with Crippen molar-refractivity contribution in [2.24, 2.45) is 5.92 Å². The fraction of sp³-hybridized carbons (Fsp3) is 0.684. The Bertz CT molecular complexity index is 561. The van der Waals surface area contributed by atoms with Crippen LogP contribution in [0.3, 0.4) is 0 Å². The lowest BCUT2D eigenvalue weighted by atomic mass is 9.89. The molecule has 1 saturated carbocycles. The summed E-state index contributed by atoms with van der Waals surface area (Å²) < 4.78 is 0. The van der Waals surface area contributed by atoms with Gasteiger partial charge in [-0.15, -0.1) is 11.3 Å². The molecule has 1 saturated heterocycles. The molecule has 1 aliphatic heterocycles. The van der Waals surface area contributed by atoms with E-state index in [-0.39, 0.29) is 17.9 Å². The predicted octanol–water partition coefficient (Wildman–Crippen LogP) is 2.59. The van der Waals surface area contributed by atoms with Crippen LogP contribution < -0.4 is 5.32 Å². The molecule has 6 heteroatoms. The first kappa shape index (κ1) is 18.4. The minimum Gasteiger partial charge on any atom is -0.354 e. The van der Waals surface area contributed by atoms with E-state index in [4.69, 9.17) is 0 Å². The third-order valence-electron chi connectivity index (χ3n) is 5.55. The lowest BCUT2D eigenvalue weighted by Gasteiger charge is -2.37. The molecule has 25 heavy (non-hydrogen) atoms. The fourth-order valence-corrected chi connectivity index (χ4v) is 4.51. The van der Waals surface area contributed by atoms with Crippen LogP contribution in [-0.2, 0) is 4.79 Å². The molecule has 0 bridgehead atoms. The van der Waals surface area contributed by atoms with Crippen LogP contribution in [0.1, 0.15) is 48.7 Å². The number of hydrogen-bond donors (Lipinski definition) is 1. The van der Waals surface area contributed by atoms with E-state index < -0.39 is 0 Å². The average Bonchev–Trinajstić information content (AvgIpc) is 3.20. The number of nitrogens with one attached hydrogen (secondary N) is 1. The zero-order valence-electron chi connectivity index (χ0n) is 15.1. The molecule has 1 aliphatic carbocycles. The highest BCUT2D eigenvalue weighted by atomic mass is 32.1. The summed E-state index contributed by atoms with van der Waals surface area (Å²) in [5, 5.41) is 5.08. The lowest BCUT2D eigenvalue weighted by molar-refractivity contribution is -0.126. The SMILES string of the molecule is C[C@H](C(=O)NCC1CCCCC1)N1CCN(C(=O)c2cccs2)CC1. The van der Waals surface area contributed by atoms with Crippen LogP contribution in [-0.4, -0.2) is 60.4 Å². The van der Waals surface area contributed by atoms with Crippen molar-refractivity contribution in [1.82, 2.24) is 15.1 Å². The molecule has 2 heterocycles. The number of amides is 2. The second-order valence-electron chi connectivity index (χ2n) is 7.23. The molecule has 0 aromatic carbocycles. The standard InChI is InChI=1S/C19H29N3O2S/c1-15(18(23)20-14-16-6-3-2-4-7-16)21-9-11-22(12-10-21)19(24)17-8-5-13-25-17/h5,8,13,15-16H,2-4,6-7,9-12,14H2,1H3,(H,20,23)/t15-/m1/s1. The molecule has 2 fully saturated rings. The van der Waals surface area contributed by atoms with Gasteiger partial charge in [0, 0.05) is 32.7 Å². The number of thiophene rings is 1. The molecule has 1 N–H and O–H groups in total. The molecule has 0 spiro atoms. The molecule has 2 aliphatic rings. The Kier molecular flexibility index (Phi) is 6.48. The maximum atomic E-state index is 12.5. The average molecular weight is 364 g/mol. The van der Waals surface area contributed by atoms with Crippen LogP contribution >= 0.6 is 11.3 Å². The molecular formula is C19H29N3O2S. The molecular weight excluding hydrogens is 334 g/mol. The Balaban J connectivity index is 1.42. The van der Waals surface area contributed by atoms with Gasteiger partial charge in [0.05, 0.1) is 10.9 Å². The maximum Gasteiger partial charge on any atom is 0.264 e. The zero-order chi connectivity index (χ0) is 17.6. The quantitative estimate of drug-likeness (QED) is 0.875. The van der Waals surface area contributed by atoms with Gasteiger partial charge in [-0.1, -0.05) is 25.3 Å². The first-order chi connectivity index (χ1) is 12.1. The molecule has 1 aromatic heterocycles. The molecule has 3 rings (SSSR count). The maximum absolute atomic E-state index is 12.5. The summed E-state index contributed by atoms with van der Waals surface area (Å²) in [6, 6.07) is 3.66. The summed E-state index contributed by atoms with van der Waals surface area (Å²) in [5.41, 5.74) is 0. The summed E-state index contributed by atoms with van der Waals surface area (Å²) in [6.07, 6.45) is 6.44. The van der Waals surface area contributed by atoms with E-state index in [1.165, 1.54) is 43.4 Å². The van der Waals surface area contributed by atoms with Gasteiger partial charge < -0.3 is 10.2 Å². The van der Waals surface area contributed by atoms with Crippen molar-refractivity contribution in [3.05, 3.63) is 22.4 Å². The van der Waals surface area contributed by atoms with Gasteiger partial charge in [0.25, 0.3) is 5.91 Å². The van der Waals surface area contributed by atoms with Crippen LogP contribution in [0.15, 0.2) is 17.5 Å². The first-order valence-corrected chi connectivity index (χ1v) is 10.4. The van der Waals surface area contributed by atoms with Crippen LogP contribution in [0.2, 0.25) is 0 Å². The molecule has 1 atom stereocenters. The summed E-state index contributed by atoms with van der Waals surface area (Å²) in [7, 11) is 0. The van der Waals surface area contributed by atoms with Crippen molar-refractivity contribution in [2.45, 2.75) is 45.1 Å². The van der Waals surface area contributed by atoms with Crippen molar-refractivity contribution >= 4 is 23.2 Å². The van der Waals surface area contributed by atoms with Gasteiger partial charge in [-0.25, -0.2) is 0 Å². The minimum atomic E-state index is -0.123. The van der Waals surface area contributed by atoms with Crippen LogP contribution in [0.4, 0.5) is 0 Å². The third-order valence-corrected chi connectivity index (χ3v) is 6.41. The highest BCUT2D eigenvalue weighted by Gasteiger charge is 2.28. The summed E-state index contributed by atoms with van der Waals surface area (Å²) in [6.45, 7) is 5.70. The monoisotopic (exact) mass is 363 g/mol. The topological polar surface area (TPSA) is 52.7 Å². The molecule has 138 valence electrons.